The van der Waals surface area contributed by atoms with Gasteiger partial charge in [0.25, 0.3) is 0 Å². The Morgan fingerprint density at radius 1 is 1.50 bits per heavy atom. The largest absolute Gasteiger partial charge is 0.394 e. The molecule has 20 heavy (non-hydrogen) atoms. The number of aliphatic hydroxyl groups excluding tert-OH is 3. The maximum Gasteiger partial charge on any atom is 0.351 e. The van der Waals surface area contributed by atoms with Crippen molar-refractivity contribution >= 4 is 5.82 Å². The Morgan fingerprint density at radius 3 is 2.70 bits per heavy atom. The summed E-state index contributed by atoms with van der Waals surface area (Å²) in [6, 6.07) is 0. The van der Waals surface area contributed by atoms with Gasteiger partial charge in [-0.25, -0.2) is 4.79 Å². The summed E-state index contributed by atoms with van der Waals surface area (Å²) in [5.41, 5.74) is 0.894. The monoisotopic (exact) mass is 283 g/mol. The summed E-state index contributed by atoms with van der Waals surface area (Å²) in [7, 11) is 0. The highest BCUT2D eigenvalue weighted by molar-refractivity contribution is 5.49. The molecule has 9 nitrogen and oxygen atoms in total. The van der Waals surface area contributed by atoms with E-state index in [1.807, 2.05) is 0 Å². The van der Waals surface area contributed by atoms with Crippen molar-refractivity contribution in [1.82, 2.24) is 9.55 Å². The van der Waals surface area contributed by atoms with Crippen molar-refractivity contribution in [1.29, 1.82) is 0 Å². The fourth-order valence-corrected chi connectivity index (χ4v) is 1.95. The molecule has 1 aromatic heterocycles. The molecule has 0 amide bonds. The van der Waals surface area contributed by atoms with Crippen molar-refractivity contribution in [2.75, 3.05) is 12.1 Å². The van der Waals surface area contributed by atoms with Gasteiger partial charge in [0.05, 0.1) is 12.2 Å². The van der Waals surface area contributed by atoms with Gasteiger partial charge in [0.1, 0.15) is 18.3 Å². The number of nitrogens with one attached hydrogen (secondary N) is 1. The standard InChI is InChI=1S/C11H13N3O6/c1-2-5-3-14(11(18)12-9(5)13-19)10-8(17)7(16)6(4-15)20-10/h1,3,6-8,10,15-17,19H,4H2,(H,12,13,18)/t6-,7?,8?,10-/m1/s1. The molecule has 1 aliphatic heterocycles. The first kappa shape index (κ1) is 14.4. The minimum absolute atomic E-state index is 0.0600. The summed E-state index contributed by atoms with van der Waals surface area (Å²) in [4.78, 5) is 15.3. The van der Waals surface area contributed by atoms with Gasteiger partial charge in [-0.2, -0.15) is 4.98 Å². The smallest absolute Gasteiger partial charge is 0.351 e. The highest BCUT2D eigenvalue weighted by Gasteiger charge is 2.43. The summed E-state index contributed by atoms with van der Waals surface area (Å²) >= 11 is 0. The Morgan fingerprint density at radius 2 is 2.20 bits per heavy atom. The van der Waals surface area contributed by atoms with E-state index < -0.39 is 36.8 Å². The maximum absolute atomic E-state index is 11.8. The number of anilines is 1. The molecular weight excluding hydrogens is 270 g/mol. The molecule has 2 unspecified atom stereocenters. The van der Waals surface area contributed by atoms with Crippen LogP contribution in [0.3, 0.4) is 0 Å². The zero-order chi connectivity index (χ0) is 14.9. The van der Waals surface area contributed by atoms with Crippen molar-refractivity contribution in [3.05, 3.63) is 22.2 Å². The number of ether oxygens (including phenoxy) is 1. The summed E-state index contributed by atoms with van der Waals surface area (Å²) in [5, 5.41) is 37.3. The molecule has 108 valence electrons. The van der Waals surface area contributed by atoms with Crippen LogP contribution in [0.2, 0.25) is 0 Å². The van der Waals surface area contributed by atoms with Crippen molar-refractivity contribution in [3.63, 3.8) is 0 Å². The van der Waals surface area contributed by atoms with Gasteiger partial charge < -0.3 is 20.1 Å². The van der Waals surface area contributed by atoms with Crippen LogP contribution in [0.4, 0.5) is 5.82 Å². The Kier molecular flexibility index (Phi) is 4.03. The Bertz CT molecular complexity index is 595. The second-order valence-electron chi connectivity index (χ2n) is 4.18. The number of terminal acetylenes is 1. The molecule has 0 bridgehead atoms. The minimum Gasteiger partial charge on any atom is -0.394 e. The fourth-order valence-electron chi connectivity index (χ4n) is 1.95. The van der Waals surface area contributed by atoms with Gasteiger partial charge >= 0.3 is 5.69 Å². The van der Waals surface area contributed by atoms with E-state index in [2.05, 4.69) is 10.9 Å². The Hall–Kier alpha value is -1.96. The second-order valence-corrected chi connectivity index (χ2v) is 4.18. The lowest BCUT2D eigenvalue weighted by atomic mass is 10.1. The van der Waals surface area contributed by atoms with E-state index in [1.165, 1.54) is 0 Å². The zero-order valence-electron chi connectivity index (χ0n) is 10.2. The lowest BCUT2D eigenvalue weighted by Gasteiger charge is -2.17. The van der Waals surface area contributed by atoms with E-state index >= 15 is 0 Å². The number of nitrogens with zero attached hydrogens (tertiary/aromatic N) is 2. The first-order chi connectivity index (χ1) is 9.53. The third-order valence-electron chi connectivity index (χ3n) is 3.00. The molecule has 0 aliphatic carbocycles. The van der Waals surface area contributed by atoms with Gasteiger partial charge in [0.15, 0.2) is 12.0 Å². The van der Waals surface area contributed by atoms with Crippen molar-refractivity contribution < 1.29 is 25.3 Å². The van der Waals surface area contributed by atoms with Crippen molar-refractivity contribution in [2.45, 2.75) is 24.5 Å². The van der Waals surface area contributed by atoms with Crippen LogP contribution in [-0.2, 0) is 4.74 Å². The zero-order valence-corrected chi connectivity index (χ0v) is 10.2. The van der Waals surface area contributed by atoms with Crippen LogP contribution < -0.4 is 11.2 Å². The minimum atomic E-state index is -1.43. The van der Waals surface area contributed by atoms with Gasteiger partial charge in [-0.05, 0) is 0 Å². The molecule has 9 heteroatoms. The molecule has 0 saturated carbocycles. The van der Waals surface area contributed by atoms with Gasteiger partial charge in [0.2, 0.25) is 0 Å². The SMILES string of the molecule is C#Cc1cn([C@@H]2O[C@H](CO)C(O)C2O)c(=O)nc1NO. The lowest BCUT2D eigenvalue weighted by molar-refractivity contribution is -0.0549. The van der Waals surface area contributed by atoms with E-state index in [1.54, 1.807) is 5.48 Å². The molecule has 1 saturated heterocycles. The predicted molar refractivity (Wildman–Crippen MR) is 64.9 cm³/mol. The summed E-state index contributed by atoms with van der Waals surface area (Å²) in [6.45, 7) is -0.519. The van der Waals surface area contributed by atoms with Crippen LogP contribution in [0.25, 0.3) is 0 Å². The molecule has 4 atom stereocenters. The number of hydrogen-bond acceptors (Lipinski definition) is 8. The van der Waals surface area contributed by atoms with Gasteiger partial charge in [0, 0.05) is 6.20 Å². The van der Waals surface area contributed by atoms with Crippen molar-refractivity contribution in [2.24, 2.45) is 0 Å². The second kappa shape index (κ2) is 5.58. The van der Waals surface area contributed by atoms with Crippen LogP contribution in [0.1, 0.15) is 11.8 Å². The molecule has 1 aliphatic rings. The highest BCUT2D eigenvalue weighted by Crippen LogP contribution is 2.28. The van der Waals surface area contributed by atoms with Crippen LogP contribution in [-0.4, -0.2) is 55.0 Å². The van der Waals surface area contributed by atoms with Crippen molar-refractivity contribution in [3.8, 4) is 12.3 Å². The van der Waals surface area contributed by atoms with Crippen LogP contribution in [0, 0.1) is 12.3 Å². The molecule has 0 aromatic carbocycles. The van der Waals surface area contributed by atoms with E-state index in [9.17, 15) is 15.0 Å². The van der Waals surface area contributed by atoms with Crippen LogP contribution in [0.15, 0.2) is 11.0 Å². The van der Waals surface area contributed by atoms with Crippen LogP contribution >= 0.6 is 0 Å². The maximum atomic E-state index is 11.8. The third kappa shape index (κ3) is 2.26. The number of aromatic nitrogens is 2. The average molecular weight is 283 g/mol. The molecule has 1 aromatic rings. The summed E-state index contributed by atoms with van der Waals surface area (Å²) in [6.07, 6.45) is 1.33. The quantitative estimate of drug-likeness (QED) is 0.307. The van der Waals surface area contributed by atoms with E-state index in [0.29, 0.717) is 0 Å². The molecule has 0 radical (unpaired) electrons. The van der Waals surface area contributed by atoms with Gasteiger partial charge in [-0.1, -0.05) is 5.92 Å². The molecule has 0 spiro atoms. The molecular formula is C11H13N3O6. The topological polar surface area (TPSA) is 137 Å². The van der Waals surface area contributed by atoms with E-state index in [4.69, 9.17) is 21.5 Å². The Balaban J connectivity index is 2.44. The highest BCUT2D eigenvalue weighted by atomic mass is 16.6. The van der Waals surface area contributed by atoms with Gasteiger partial charge in [-0.3, -0.25) is 15.3 Å². The first-order valence-electron chi connectivity index (χ1n) is 5.65. The molecule has 1 fully saturated rings. The summed E-state index contributed by atoms with van der Waals surface area (Å²) in [5.74, 6) is 1.99. The average Bonchev–Trinajstić information content (AvgIpc) is 2.74. The summed E-state index contributed by atoms with van der Waals surface area (Å²) < 4.78 is 6.08. The third-order valence-corrected chi connectivity index (χ3v) is 3.00. The number of rotatable bonds is 3. The number of aliphatic hydroxyl groups is 3. The predicted octanol–water partition coefficient (Wildman–Crippen LogP) is -2.36. The molecule has 2 heterocycles. The Labute approximate surface area is 113 Å². The van der Waals surface area contributed by atoms with Gasteiger partial charge in [-0.15, -0.1) is 6.42 Å². The lowest BCUT2D eigenvalue weighted by Crippen LogP contribution is -2.36. The first-order valence-corrected chi connectivity index (χ1v) is 5.65. The normalized spacial score (nSPS) is 29.1. The fraction of sp³-hybridized carbons (Fsp3) is 0.455. The van der Waals surface area contributed by atoms with E-state index in [-0.39, 0.29) is 11.4 Å². The molecule has 2 rings (SSSR count). The van der Waals surface area contributed by atoms with Crippen LogP contribution in [0.5, 0.6) is 0 Å². The number of hydrogen-bond donors (Lipinski definition) is 5. The molecule has 5 N–H and O–H groups in total. The van der Waals surface area contributed by atoms with E-state index in [0.717, 1.165) is 10.8 Å².